The van der Waals surface area contributed by atoms with E-state index in [-0.39, 0.29) is 17.9 Å². The molecule has 0 fully saturated rings. The van der Waals surface area contributed by atoms with Crippen molar-refractivity contribution in [3.63, 3.8) is 0 Å². The Morgan fingerprint density at radius 2 is 1.82 bits per heavy atom. The lowest BCUT2D eigenvalue weighted by Crippen LogP contribution is -2.18. The number of carbonyl (C=O) groups is 2. The average molecular weight is 471 g/mol. The Morgan fingerprint density at radius 3 is 2.41 bits per heavy atom. The van der Waals surface area contributed by atoms with E-state index in [1.807, 2.05) is 0 Å². The Kier molecular flexibility index (Phi) is 6.08. The van der Waals surface area contributed by atoms with E-state index < -0.39 is 29.3 Å². The van der Waals surface area contributed by atoms with E-state index in [1.165, 1.54) is 54.7 Å². The first-order chi connectivity index (χ1) is 16.3. The number of aromatic nitrogens is 6. The number of ether oxygens (including phenoxy) is 1. The van der Waals surface area contributed by atoms with Crippen molar-refractivity contribution in [1.82, 2.24) is 29.5 Å². The van der Waals surface area contributed by atoms with E-state index in [0.717, 1.165) is 6.20 Å². The first kappa shape index (κ1) is 22.6. The minimum absolute atomic E-state index is 0.0123. The second-order valence-electron chi connectivity index (χ2n) is 6.78. The Hall–Kier alpha value is -4.55. The van der Waals surface area contributed by atoms with Crippen LogP contribution in [-0.4, -0.2) is 48.0 Å². The van der Waals surface area contributed by atoms with Gasteiger partial charge in [0.05, 0.1) is 30.4 Å². The zero-order chi connectivity index (χ0) is 24.3. The summed E-state index contributed by atoms with van der Waals surface area (Å²) in [6, 6.07) is 8.51. The van der Waals surface area contributed by atoms with E-state index in [0.29, 0.717) is 16.2 Å². The molecule has 0 aliphatic heterocycles. The summed E-state index contributed by atoms with van der Waals surface area (Å²) in [4.78, 5) is 32.5. The summed E-state index contributed by atoms with van der Waals surface area (Å²) in [6.07, 6.45) is 0.207. The van der Waals surface area contributed by atoms with Gasteiger partial charge in [-0.3, -0.25) is 4.79 Å². The lowest BCUT2D eigenvalue weighted by atomic mass is 10.1. The molecule has 0 atom stereocenters. The van der Waals surface area contributed by atoms with Gasteiger partial charge in [-0.25, -0.2) is 24.1 Å². The molecular formula is C21H16F3N7O3. The number of rotatable bonds is 6. The van der Waals surface area contributed by atoms with Gasteiger partial charge in [-0.2, -0.15) is 23.4 Å². The number of pyridine rings is 1. The van der Waals surface area contributed by atoms with E-state index >= 15 is 0 Å². The number of hydrogen-bond acceptors (Lipinski definition) is 7. The Bertz CT molecular complexity index is 1300. The smallest absolute Gasteiger partial charge is 0.434 e. The maximum Gasteiger partial charge on any atom is 0.434 e. The molecule has 174 valence electrons. The summed E-state index contributed by atoms with van der Waals surface area (Å²) in [5.41, 5.74) is -1.35. The van der Waals surface area contributed by atoms with Gasteiger partial charge < -0.3 is 10.1 Å². The third-order valence-corrected chi connectivity index (χ3v) is 4.57. The Labute approximate surface area is 190 Å². The number of nitrogens with one attached hydrogen (secondary N) is 1. The van der Waals surface area contributed by atoms with Crippen LogP contribution >= 0.6 is 0 Å². The highest BCUT2D eigenvalue weighted by molar-refractivity contribution is 6.04. The minimum Gasteiger partial charge on any atom is -0.462 e. The van der Waals surface area contributed by atoms with Crippen LogP contribution in [0.4, 0.5) is 18.9 Å². The lowest BCUT2D eigenvalue weighted by molar-refractivity contribution is -0.143. The van der Waals surface area contributed by atoms with Gasteiger partial charge in [-0.1, -0.05) is 0 Å². The normalized spacial score (nSPS) is 11.3. The fourth-order valence-electron chi connectivity index (χ4n) is 3.05. The van der Waals surface area contributed by atoms with Crippen molar-refractivity contribution in [3.05, 3.63) is 78.3 Å². The van der Waals surface area contributed by atoms with Crippen molar-refractivity contribution < 1.29 is 27.5 Å². The molecule has 10 nitrogen and oxygen atoms in total. The van der Waals surface area contributed by atoms with Crippen LogP contribution in [0.5, 0.6) is 0 Å². The molecule has 0 saturated carbocycles. The molecule has 0 aliphatic carbocycles. The van der Waals surface area contributed by atoms with Gasteiger partial charge in [0.2, 0.25) is 0 Å². The predicted molar refractivity (Wildman–Crippen MR) is 112 cm³/mol. The SMILES string of the molecule is CCOC(=O)c1cnn(-c2ccc(C(=O)Nc3ccc(-n4cncn4)nc3)cc2)c1C(F)(F)F. The van der Waals surface area contributed by atoms with Crippen LogP contribution in [-0.2, 0) is 10.9 Å². The number of hydrogen-bond donors (Lipinski definition) is 1. The summed E-state index contributed by atoms with van der Waals surface area (Å²) in [5.74, 6) is -1.12. The molecule has 4 aromatic rings. The molecule has 0 spiro atoms. The maximum absolute atomic E-state index is 13.6. The first-order valence-electron chi connectivity index (χ1n) is 9.83. The summed E-state index contributed by atoms with van der Waals surface area (Å²) in [5, 5.41) is 10.3. The number of amides is 1. The van der Waals surface area contributed by atoms with Gasteiger partial charge in [0.1, 0.15) is 18.2 Å². The number of benzene rings is 1. The second kappa shape index (κ2) is 9.13. The number of halogens is 3. The first-order valence-corrected chi connectivity index (χ1v) is 9.83. The quantitative estimate of drug-likeness (QED) is 0.429. The predicted octanol–water partition coefficient (Wildman–Crippen LogP) is 3.30. The third kappa shape index (κ3) is 4.62. The highest BCUT2D eigenvalue weighted by Gasteiger charge is 2.41. The Morgan fingerprint density at radius 1 is 1.06 bits per heavy atom. The van der Waals surface area contributed by atoms with E-state index in [4.69, 9.17) is 4.74 Å². The highest BCUT2D eigenvalue weighted by atomic mass is 19.4. The van der Waals surface area contributed by atoms with Crippen LogP contribution in [0.3, 0.4) is 0 Å². The van der Waals surface area contributed by atoms with Crippen molar-refractivity contribution in [3.8, 4) is 11.5 Å². The van der Waals surface area contributed by atoms with Crippen molar-refractivity contribution in [2.75, 3.05) is 11.9 Å². The molecule has 0 unspecified atom stereocenters. The van der Waals surface area contributed by atoms with Crippen LogP contribution in [0.1, 0.15) is 33.3 Å². The van der Waals surface area contributed by atoms with Gasteiger partial charge in [0.25, 0.3) is 5.91 Å². The molecule has 3 heterocycles. The molecular weight excluding hydrogens is 455 g/mol. The molecule has 1 amide bonds. The van der Waals surface area contributed by atoms with Gasteiger partial charge in [0, 0.05) is 5.56 Å². The Balaban J connectivity index is 1.53. The molecule has 3 aromatic heterocycles. The van der Waals surface area contributed by atoms with Gasteiger partial charge in [-0.05, 0) is 43.3 Å². The van der Waals surface area contributed by atoms with Gasteiger partial charge >= 0.3 is 12.1 Å². The fourth-order valence-corrected chi connectivity index (χ4v) is 3.05. The van der Waals surface area contributed by atoms with E-state index in [9.17, 15) is 22.8 Å². The zero-order valence-electron chi connectivity index (χ0n) is 17.5. The molecule has 0 radical (unpaired) electrons. The summed E-state index contributed by atoms with van der Waals surface area (Å²) in [6.45, 7) is 1.41. The molecule has 1 aromatic carbocycles. The largest absolute Gasteiger partial charge is 0.462 e. The molecule has 1 N–H and O–H groups in total. The molecule has 13 heteroatoms. The summed E-state index contributed by atoms with van der Waals surface area (Å²) in [7, 11) is 0. The summed E-state index contributed by atoms with van der Waals surface area (Å²) < 4.78 is 47.7. The van der Waals surface area contributed by atoms with Crippen molar-refractivity contribution in [2.45, 2.75) is 13.1 Å². The standard InChI is InChI=1S/C21H16F3N7O3/c1-2-34-20(33)16-10-27-31(18(16)21(22,23)24)15-6-3-13(4-7-15)19(32)29-14-5-8-17(26-9-14)30-12-25-11-28-30/h3-12H,2H2,1H3,(H,29,32). The monoisotopic (exact) mass is 471 g/mol. The van der Waals surface area contributed by atoms with Gasteiger partial charge in [0.15, 0.2) is 11.5 Å². The summed E-state index contributed by atoms with van der Waals surface area (Å²) >= 11 is 0. The lowest BCUT2D eigenvalue weighted by Gasteiger charge is -2.13. The maximum atomic E-state index is 13.6. The van der Waals surface area contributed by atoms with Crippen molar-refractivity contribution >= 4 is 17.6 Å². The topological polar surface area (TPSA) is 117 Å². The fraction of sp³-hybridized carbons (Fsp3) is 0.143. The second-order valence-corrected chi connectivity index (χ2v) is 6.78. The van der Waals surface area contributed by atoms with Crippen LogP contribution in [0, 0.1) is 0 Å². The highest BCUT2D eigenvalue weighted by Crippen LogP contribution is 2.34. The van der Waals surface area contributed by atoms with Crippen molar-refractivity contribution in [2.24, 2.45) is 0 Å². The van der Waals surface area contributed by atoms with Crippen LogP contribution in [0.2, 0.25) is 0 Å². The van der Waals surface area contributed by atoms with Gasteiger partial charge in [-0.15, -0.1) is 0 Å². The number of carbonyl (C=O) groups excluding carboxylic acids is 2. The minimum atomic E-state index is -4.86. The van der Waals surface area contributed by atoms with Crippen LogP contribution in [0.15, 0.2) is 61.4 Å². The van der Waals surface area contributed by atoms with E-state index in [1.54, 1.807) is 12.1 Å². The van der Waals surface area contributed by atoms with Crippen LogP contribution < -0.4 is 5.32 Å². The number of esters is 1. The van der Waals surface area contributed by atoms with Crippen molar-refractivity contribution in [1.29, 1.82) is 0 Å². The zero-order valence-corrected chi connectivity index (χ0v) is 17.5. The molecule has 34 heavy (non-hydrogen) atoms. The molecule has 0 aliphatic rings. The van der Waals surface area contributed by atoms with E-state index in [2.05, 4.69) is 25.5 Å². The third-order valence-electron chi connectivity index (χ3n) is 4.57. The number of anilines is 1. The molecule has 4 rings (SSSR count). The van der Waals surface area contributed by atoms with Crippen LogP contribution in [0.25, 0.3) is 11.5 Å². The average Bonchev–Trinajstić information content (AvgIpc) is 3.50. The molecule has 0 bridgehead atoms. The number of alkyl halides is 3. The molecule has 0 saturated heterocycles. The number of nitrogens with zero attached hydrogens (tertiary/aromatic N) is 6.